The van der Waals surface area contributed by atoms with E-state index >= 15 is 0 Å². The molecule has 0 saturated heterocycles. The molecule has 2 rings (SSSR count). The summed E-state index contributed by atoms with van der Waals surface area (Å²) < 4.78 is 5.64. The molecule has 3 heteroatoms. The molecular formula is C11H18N2O. The van der Waals surface area contributed by atoms with Gasteiger partial charge in [-0.3, -0.25) is 0 Å². The summed E-state index contributed by atoms with van der Waals surface area (Å²) in [6, 6.07) is 3.99. The molecule has 78 valence electrons. The van der Waals surface area contributed by atoms with Gasteiger partial charge in [-0.1, -0.05) is 12.8 Å². The Morgan fingerprint density at radius 3 is 2.71 bits per heavy atom. The van der Waals surface area contributed by atoms with Crippen LogP contribution in [0.25, 0.3) is 0 Å². The summed E-state index contributed by atoms with van der Waals surface area (Å²) in [5.74, 6) is 0. The largest absolute Gasteiger partial charge is 0.376 e. The minimum Gasteiger partial charge on any atom is -0.376 e. The Morgan fingerprint density at radius 2 is 2.21 bits per heavy atom. The highest BCUT2D eigenvalue weighted by atomic mass is 16.5. The number of ether oxygens (including phenoxy) is 1. The lowest BCUT2D eigenvalue weighted by molar-refractivity contribution is -0.0272. The van der Waals surface area contributed by atoms with Crippen LogP contribution in [0.1, 0.15) is 37.4 Å². The Bertz CT molecular complexity index is 275. The zero-order valence-electron chi connectivity index (χ0n) is 8.62. The average molecular weight is 194 g/mol. The quantitative estimate of drug-likeness (QED) is 0.773. The van der Waals surface area contributed by atoms with Crippen molar-refractivity contribution in [3.63, 3.8) is 0 Å². The van der Waals surface area contributed by atoms with Crippen LogP contribution < -0.4 is 5.73 Å². The summed E-state index contributed by atoms with van der Waals surface area (Å²) >= 11 is 0. The second-order valence-corrected chi connectivity index (χ2v) is 4.08. The van der Waals surface area contributed by atoms with Gasteiger partial charge in [0.05, 0.1) is 11.6 Å². The average Bonchev–Trinajstić information content (AvgIpc) is 2.89. The van der Waals surface area contributed by atoms with Crippen molar-refractivity contribution in [2.75, 3.05) is 7.11 Å². The van der Waals surface area contributed by atoms with E-state index in [2.05, 4.69) is 4.98 Å². The van der Waals surface area contributed by atoms with Crippen LogP contribution in [0.5, 0.6) is 0 Å². The van der Waals surface area contributed by atoms with Crippen molar-refractivity contribution in [2.24, 2.45) is 5.73 Å². The first kappa shape index (κ1) is 9.74. The SMILES string of the molecule is COC1(C(N)c2ccc[nH]2)CCCC1. The zero-order chi connectivity index (χ0) is 10.0. The summed E-state index contributed by atoms with van der Waals surface area (Å²) in [4.78, 5) is 3.17. The second kappa shape index (κ2) is 3.75. The van der Waals surface area contributed by atoms with Crippen LogP contribution in [0.2, 0.25) is 0 Å². The van der Waals surface area contributed by atoms with E-state index in [0.29, 0.717) is 0 Å². The third-order valence-corrected chi connectivity index (χ3v) is 3.38. The van der Waals surface area contributed by atoms with E-state index in [-0.39, 0.29) is 11.6 Å². The van der Waals surface area contributed by atoms with Crippen LogP contribution in [-0.4, -0.2) is 17.7 Å². The van der Waals surface area contributed by atoms with Gasteiger partial charge in [-0.05, 0) is 25.0 Å². The molecule has 1 unspecified atom stereocenters. The fraction of sp³-hybridized carbons (Fsp3) is 0.636. The zero-order valence-corrected chi connectivity index (χ0v) is 8.62. The number of aromatic amines is 1. The van der Waals surface area contributed by atoms with Gasteiger partial charge in [-0.2, -0.15) is 0 Å². The normalized spacial score (nSPS) is 22.4. The van der Waals surface area contributed by atoms with Crippen molar-refractivity contribution < 1.29 is 4.74 Å². The van der Waals surface area contributed by atoms with Crippen molar-refractivity contribution in [1.29, 1.82) is 0 Å². The first-order valence-corrected chi connectivity index (χ1v) is 5.22. The molecule has 3 N–H and O–H groups in total. The molecule has 1 aliphatic carbocycles. The third-order valence-electron chi connectivity index (χ3n) is 3.38. The lowest BCUT2D eigenvalue weighted by Gasteiger charge is -2.33. The van der Waals surface area contributed by atoms with Gasteiger partial charge >= 0.3 is 0 Å². The number of hydrogen-bond acceptors (Lipinski definition) is 2. The summed E-state index contributed by atoms with van der Waals surface area (Å²) in [6.45, 7) is 0. The number of hydrogen-bond donors (Lipinski definition) is 2. The van der Waals surface area contributed by atoms with E-state index in [1.165, 1.54) is 12.8 Å². The number of nitrogens with one attached hydrogen (secondary N) is 1. The van der Waals surface area contributed by atoms with Crippen LogP contribution in [0, 0.1) is 0 Å². The maximum Gasteiger partial charge on any atom is 0.0884 e. The summed E-state index contributed by atoms with van der Waals surface area (Å²) in [6.07, 6.45) is 6.51. The Kier molecular flexibility index (Phi) is 2.61. The van der Waals surface area contributed by atoms with E-state index in [9.17, 15) is 0 Å². The molecule has 1 aliphatic rings. The Labute approximate surface area is 84.6 Å². The van der Waals surface area contributed by atoms with Gasteiger partial charge in [-0.15, -0.1) is 0 Å². The Balaban J connectivity index is 2.19. The molecule has 0 radical (unpaired) electrons. The minimum atomic E-state index is -0.134. The molecule has 1 heterocycles. The topological polar surface area (TPSA) is 51.0 Å². The van der Waals surface area contributed by atoms with Crippen molar-refractivity contribution in [3.05, 3.63) is 24.0 Å². The van der Waals surface area contributed by atoms with Crippen LogP contribution in [0.3, 0.4) is 0 Å². The van der Waals surface area contributed by atoms with Gasteiger partial charge in [-0.25, -0.2) is 0 Å². The molecule has 14 heavy (non-hydrogen) atoms. The van der Waals surface area contributed by atoms with E-state index in [0.717, 1.165) is 18.5 Å². The van der Waals surface area contributed by atoms with Crippen LogP contribution >= 0.6 is 0 Å². The smallest absolute Gasteiger partial charge is 0.0884 e. The lowest BCUT2D eigenvalue weighted by Crippen LogP contribution is -2.40. The van der Waals surface area contributed by atoms with Crippen molar-refractivity contribution in [3.8, 4) is 0 Å². The van der Waals surface area contributed by atoms with Gasteiger partial charge < -0.3 is 15.5 Å². The highest BCUT2D eigenvalue weighted by Gasteiger charge is 2.40. The van der Waals surface area contributed by atoms with Gasteiger partial charge in [0.25, 0.3) is 0 Å². The number of H-pyrrole nitrogens is 1. The van der Waals surface area contributed by atoms with Crippen LogP contribution in [0.15, 0.2) is 18.3 Å². The molecule has 1 atom stereocenters. The first-order valence-electron chi connectivity index (χ1n) is 5.22. The molecule has 1 saturated carbocycles. The van der Waals surface area contributed by atoms with Gasteiger partial charge in [0.15, 0.2) is 0 Å². The molecule has 0 spiro atoms. The number of rotatable bonds is 3. The predicted molar refractivity (Wildman–Crippen MR) is 55.9 cm³/mol. The monoisotopic (exact) mass is 194 g/mol. The van der Waals surface area contributed by atoms with Gasteiger partial charge in [0.2, 0.25) is 0 Å². The van der Waals surface area contributed by atoms with Crippen molar-refractivity contribution in [2.45, 2.75) is 37.3 Å². The molecule has 0 amide bonds. The van der Waals surface area contributed by atoms with E-state index in [4.69, 9.17) is 10.5 Å². The highest BCUT2D eigenvalue weighted by Crippen LogP contribution is 2.40. The summed E-state index contributed by atoms with van der Waals surface area (Å²) in [7, 11) is 1.77. The molecule has 3 nitrogen and oxygen atoms in total. The van der Waals surface area contributed by atoms with E-state index < -0.39 is 0 Å². The molecule has 0 bridgehead atoms. The fourth-order valence-corrected chi connectivity index (χ4v) is 2.44. The second-order valence-electron chi connectivity index (χ2n) is 4.08. The maximum atomic E-state index is 6.23. The van der Waals surface area contributed by atoms with Crippen LogP contribution in [-0.2, 0) is 4.74 Å². The number of methoxy groups -OCH3 is 1. The summed E-state index contributed by atoms with van der Waals surface area (Å²) in [5.41, 5.74) is 7.18. The molecule has 1 aromatic rings. The minimum absolute atomic E-state index is 0.0231. The molecule has 1 aromatic heterocycles. The van der Waals surface area contributed by atoms with Crippen LogP contribution in [0.4, 0.5) is 0 Å². The Hall–Kier alpha value is -0.800. The van der Waals surface area contributed by atoms with E-state index in [1.54, 1.807) is 7.11 Å². The molecule has 0 aliphatic heterocycles. The number of aromatic nitrogens is 1. The Morgan fingerprint density at radius 1 is 1.50 bits per heavy atom. The first-order chi connectivity index (χ1) is 6.78. The van der Waals surface area contributed by atoms with Gasteiger partial charge in [0.1, 0.15) is 0 Å². The van der Waals surface area contributed by atoms with Crippen molar-refractivity contribution in [1.82, 2.24) is 4.98 Å². The molecule has 1 fully saturated rings. The maximum absolute atomic E-state index is 6.23. The molecule has 0 aromatic carbocycles. The van der Waals surface area contributed by atoms with Crippen molar-refractivity contribution >= 4 is 0 Å². The summed E-state index contributed by atoms with van der Waals surface area (Å²) in [5, 5.41) is 0. The van der Waals surface area contributed by atoms with Gasteiger partial charge in [0, 0.05) is 19.0 Å². The fourth-order valence-electron chi connectivity index (χ4n) is 2.44. The van der Waals surface area contributed by atoms with E-state index in [1.807, 2.05) is 18.3 Å². The molecular weight excluding hydrogens is 176 g/mol. The lowest BCUT2D eigenvalue weighted by atomic mass is 9.90. The standard InChI is InChI=1S/C11H18N2O/c1-14-11(6-2-3-7-11)10(12)9-5-4-8-13-9/h4-5,8,10,13H,2-3,6-7,12H2,1H3. The highest BCUT2D eigenvalue weighted by molar-refractivity contribution is 5.14. The third kappa shape index (κ3) is 1.47. The number of nitrogens with two attached hydrogens (primary N) is 1. The predicted octanol–water partition coefficient (Wildman–Crippen LogP) is 1.97.